The average molecular weight is 271 g/mol. The summed E-state index contributed by atoms with van der Waals surface area (Å²) in [5.41, 5.74) is 2.36. The van der Waals surface area contributed by atoms with Gasteiger partial charge in [0.25, 0.3) is 0 Å². The van der Waals surface area contributed by atoms with Crippen LogP contribution in [0.4, 0.5) is 0 Å². The van der Waals surface area contributed by atoms with Gasteiger partial charge in [0.1, 0.15) is 5.76 Å². The van der Waals surface area contributed by atoms with Crippen LogP contribution < -0.4 is 0 Å². The van der Waals surface area contributed by atoms with Crippen molar-refractivity contribution in [1.82, 2.24) is 0 Å². The maximum atomic E-state index is 12.4. The molecule has 1 aromatic rings. The number of carbonyl (C=O) groups excluding carboxylic acids is 1. The molecule has 2 rings (SSSR count). The molecule has 0 radical (unpaired) electrons. The zero-order valence-corrected chi connectivity index (χ0v) is 12.1. The number of benzene rings is 1. The highest BCUT2D eigenvalue weighted by Crippen LogP contribution is 2.33. The smallest absolute Gasteiger partial charge is 0.168 e. The van der Waals surface area contributed by atoms with Crippen LogP contribution in [-0.4, -0.2) is 23.6 Å². The Morgan fingerprint density at radius 3 is 2.60 bits per heavy atom. The average Bonchev–Trinajstić information content (AvgIpc) is 2.47. The minimum atomic E-state index is 0.0108. The third kappa shape index (κ3) is 2.98. The lowest BCUT2D eigenvalue weighted by molar-refractivity contribution is -0.115. The zero-order chi connectivity index (χ0) is 14.5. The summed E-state index contributed by atoms with van der Waals surface area (Å²) >= 11 is 0. The number of hydrogen-bond acceptors (Lipinski definition) is 3. The molecule has 3 nitrogen and oxygen atoms in total. The van der Waals surface area contributed by atoms with Crippen LogP contribution in [0.15, 0.2) is 46.7 Å². The molecule has 20 heavy (non-hydrogen) atoms. The largest absolute Gasteiger partial charge is 0.511 e. The summed E-state index contributed by atoms with van der Waals surface area (Å²) < 4.78 is 0. The van der Waals surface area contributed by atoms with Crippen LogP contribution in [0.25, 0.3) is 0 Å². The molecule has 0 saturated heterocycles. The van der Waals surface area contributed by atoms with E-state index in [-0.39, 0.29) is 17.5 Å². The molecule has 1 fully saturated rings. The van der Waals surface area contributed by atoms with Gasteiger partial charge in [-0.25, -0.2) is 0 Å². The van der Waals surface area contributed by atoms with Crippen molar-refractivity contribution in [1.29, 1.82) is 0 Å². The molecule has 0 bridgehead atoms. The number of nitrogens with zero attached hydrogens (tertiary/aromatic N) is 1. The van der Waals surface area contributed by atoms with Gasteiger partial charge in [0, 0.05) is 25.6 Å². The van der Waals surface area contributed by atoms with Crippen molar-refractivity contribution >= 4 is 11.5 Å². The second kappa shape index (κ2) is 6.51. The zero-order valence-electron chi connectivity index (χ0n) is 12.1. The second-order valence-corrected chi connectivity index (χ2v) is 5.18. The third-order valence-corrected chi connectivity index (χ3v) is 3.76. The molecule has 1 unspecified atom stereocenters. The van der Waals surface area contributed by atoms with Gasteiger partial charge in [-0.05, 0) is 24.3 Å². The Balaban J connectivity index is 2.30. The first-order valence-corrected chi connectivity index (χ1v) is 7.13. The Bertz CT molecular complexity index is 543. The number of rotatable bonds is 3. The number of allylic oxidation sites excluding steroid dienone is 2. The maximum absolute atomic E-state index is 12.4. The van der Waals surface area contributed by atoms with E-state index in [2.05, 4.69) is 4.99 Å². The van der Waals surface area contributed by atoms with Crippen LogP contribution in [0.3, 0.4) is 0 Å². The number of carbonyl (C=O) groups is 1. The van der Waals surface area contributed by atoms with Crippen LogP contribution in [-0.2, 0) is 4.79 Å². The normalized spacial score (nSPS) is 24.0. The van der Waals surface area contributed by atoms with Crippen LogP contribution in [0, 0.1) is 0 Å². The minimum Gasteiger partial charge on any atom is -0.511 e. The quantitative estimate of drug-likeness (QED) is 0.671. The van der Waals surface area contributed by atoms with Gasteiger partial charge in [-0.15, -0.1) is 0 Å². The summed E-state index contributed by atoms with van der Waals surface area (Å²) in [6.45, 7) is 1.99. The standard InChI is InChI=1S/C17H21NO2/c1-3-7-15(19)17-14(18-2)10-13(11-16(17)20)12-8-5-4-6-9-12/h4-6,8-9,13,19H,3,7,10-11H2,1-2H3/b17-15+,18-14?. The number of Topliss-reactive ketones (excluding diaryl/α,β-unsaturated/α-hetero) is 1. The number of ketones is 1. The van der Waals surface area contributed by atoms with Crippen molar-refractivity contribution in [3.8, 4) is 0 Å². The molecule has 106 valence electrons. The van der Waals surface area contributed by atoms with Gasteiger partial charge in [0.2, 0.25) is 0 Å². The monoisotopic (exact) mass is 271 g/mol. The van der Waals surface area contributed by atoms with Gasteiger partial charge >= 0.3 is 0 Å². The van der Waals surface area contributed by atoms with Crippen molar-refractivity contribution in [2.75, 3.05) is 7.05 Å². The van der Waals surface area contributed by atoms with Crippen LogP contribution in [0.5, 0.6) is 0 Å². The maximum Gasteiger partial charge on any atom is 0.168 e. The molecule has 1 aromatic carbocycles. The lowest BCUT2D eigenvalue weighted by Gasteiger charge is -2.25. The van der Waals surface area contributed by atoms with E-state index in [4.69, 9.17) is 0 Å². The fraction of sp³-hybridized carbons (Fsp3) is 0.412. The van der Waals surface area contributed by atoms with Crippen molar-refractivity contribution in [2.45, 2.75) is 38.5 Å². The first-order chi connectivity index (χ1) is 9.67. The Labute approximate surface area is 120 Å². The highest BCUT2D eigenvalue weighted by atomic mass is 16.3. The summed E-state index contributed by atoms with van der Waals surface area (Å²) in [5.74, 6) is 0.377. The van der Waals surface area contributed by atoms with E-state index in [9.17, 15) is 9.90 Å². The van der Waals surface area contributed by atoms with Crippen LogP contribution >= 0.6 is 0 Å². The first kappa shape index (κ1) is 14.5. The molecular weight excluding hydrogens is 250 g/mol. The van der Waals surface area contributed by atoms with E-state index in [0.29, 0.717) is 18.4 Å². The summed E-state index contributed by atoms with van der Waals surface area (Å²) in [5, 5.41) is 10.1. The first-order valence-electron chi connectivity index (χ1n) is 7.13. The van der Waals surface area contributed by atoms with Gasteiger partial charge in [-0.1, -0.05) is 37.3 Å². The summed E-state index contributed by atoms with van der Waals surface area (Å²) in [6.07, 6.45) is 2.53. The van der Waals surface area contributed by atoms with Crippen molar-refractivity contribution in [2.24, 2.45) is 4.99 Å². The molecule has 1 aliphatic carbocycles. The van der Waals surface area contributed by atoms with E-state index in [0.717, 1.165) is 24.1 Å². The molecule has 1 saturated carbocycles. The molecule has 1 N–H and O–H groups in total. The molecule has 0 heterocycles. The Hall–Kier alpha value is -1.90. The van der Waals surface area contributed by atoms with Gasteiger partial charge in [-0.2, -0.15) is 0 Å². The van der Waals surface area contributed by atoms with Gasteiger partial charge < -0.3 is 5.11 Å². The molecule has 1 atom stereocenters. The molecule has 3 heteroatoms. The molecule has 0 aromatic heterocycles. The topological polar surface area (TPSA) is 49.7 Å². The van der Waals surface area contributed by atoms with Crippen molar-refractivity contribution in [3.05, 3.63) is 47.2 Å². The number of aliphatic hydroxyl groups is 1. The van der Waals surface area contributed by atoms with E-state index < -0.39 is 0 Å². The Morgan fingerprint density at radius 2 is 2.00 bits per heavy atom. The number of hydrogen-bond donors (Lipinski definition) is 1. The summed E-state index contributed by atoms with van der Waals surface area (Å²) in [4.78, 5) is 16.6. The Morgan fingerprint density at radius 1 is 1.30 bits per heavy atom. The highest BCUT2D eigenvalue weighted by Gasteiger charge is 2.31. The fourth-order valence-corrected chi connectivity index (χ4v) is 2.75. The molecular formula is C17H21NO2. The van der Waals surface area contributed by atoms with E-state index in [1.54, 1.807) is 7.05 Å². The molecule has 1 aliphatic rings. The summed E-state index contributed by atoms with van der Waals surface area (Å²) in [7, 11) is 1.69. The fourth-order valence-electron chi connectivity index (χ4n) is 2.75. The van der Waals surface area contributed by atoms with Gasteiger partial charge in [0.05, 0.1) is 5.57 Å². The molecule has 0 amide bonds. The summed E-state index contributed by atoms with van der Waals surface area (Å²) in [6, 6.07) is 10.0. The van der Waals surface area contributed by atoms with E-state index >= 15 is 0 Å². The predicted molar refractivity (Wildman–Crippen MR) is 81.3 cm³/mol. The van der Waals surface area contributed by atoms with Crippen molar-refractivity contribution in [3.63, 3.8) is 0 Å². The van der Waals surface area contributed by atoms with Crippen LogP contribution in [0.1, 0.15) is 44.1 Å². The molecule has 0 aliphatic heterocycles. The third-order valence-electron chi connectivity index (χ3n) is 3.76. The number of aliphatic hydroxyl groups excluding tert-OH is 1. The highest BCUT2D eigenvalue weighted by molar-refractivity contribution is 6.24. The number of aliphatic imine (C=N–C) groups is 1. The van der Waals surface area contributed by atoms with Gasteiger partial charge in [-0.3, -0.25) is 9.79 Å². The van der Waals surface area contributed by atoms with Gasteiger partial charge in [0.15, 0.2) is 5.78 Å². The van der Waals surface area contributed by atoms with E-state index in [1.807, 2.05) is 37.3 Å². The second-order valence-electron chi connectivity index (χ2n) is 5.18. The van der Waals surface area contributed by atoms with Crippen molar-refractivity contribution < 1.29 is 9.90 Å². The minimum absolute atomic E-state index is 0.0108. The van der Waals surface area contributed by atoms with Crippen LogP contribution in [0.2, 0.25) is 0 Å². The lowest BCUT2D eigenvalue weighted by Crippen LogP contribution is -2.26. The van der Waals surface area contributed by atoms with E-state index in [1.165, 1.54) is 0 Å². The Kier molecular flexibility index (Phi) is 4.72. The molecule has 0 spiro atoms. The predicted octanol–water partition coefficient (Wildman–Crippen LogP) is 3.82. The SMILES string of the molecule is CCC/C(O)=C1\C(=O)CC(c2ccccc2)CC1=NC. The lowest BCUT2D eigenvalue weighted by atomic mass is 9.79.